The third-order valence-corrected chi connectivity index (χ3v) is 2.40. The summed E-state index contributed by atoms with van der Waals surface area (Å²) in [5.41, 5.74) is 2.36. The van der Waals surface area contributed by atoms with Gasteiger partial charge < -0.3 is 0 Å². The van der Waals surface area contributed by atoms with Gasteiger partial charge in [-0.2, -0.15) is 5.10 Å². The Morgan fingerprint density at radius 2 is 2.43 bits per heavy atom. The highest BCUT2D eigenvalue weighted by Gasteiger charge is 2.21. The van der Waals surface area contributed by atoms with E-state index in [9.17, 15) is 4.79 Å². The number of rotatable bonds is 2. The van der Waals surface area contributed by atoms with E-state index in [0.29, 0.717) is 0 Å². The van der Waals surface area contributed by atoms with Gasteiger partial charge in [-0.05, 0) is 12.5 Å². The van der Waals surface area contributed by atoms with Crippen LogP contribution in [-0.2, 0) is 4.79 Å². The van der Waals surface area contributed by atoms with Crippen molar-refractivity contribution in [2.24, 2.45) is 5.10 Å². The minimum atomic E-state index is 0.0902. The number of carbonyl (C=O) groups is 1. The van der Waals surface area contributed by atoms with Crippen molar-refractivity contribution in [2.45, 2.75) is 19.4 Å². The Balaban J connectivity index is 2.27. The van der Waals surface area contributed by atoms with E-state index < -0.39 is 0 Å². The molecule has 1 aliphatic rings. The molecule has 0 radical (unpaired) electrons. The van der Waals surface area contributed by atoms with Gasteiger partial charge in [-0.1, -0.05) is 29.8 Å². The molecule has 0 saturated heterocycles. The van der Waals surface area contributed by atoms with Crippen molar-refractivity contribution in [3.8, 4) is 0 Å². The van der Waals surface area contributed by atoms with Gasteiger partial charge in [0.15, 0.2) is 0 Å². The summed E-state index contributed by atoms with van der Waals surface area (Å²) in [7, 11) is 0. The normalized spacial score (nSPS) is 20.1. The van der Waals surface area contributed by atoms with Gasteiger partial charge in [-0.25, -0.2) is 5.01 Å². The van der Waals surface area contributed by atoms with Crippen LogP contribution in [0.1, 0.15) is 23.6 Å². The summed E-state index contributed by atoms with van der Waals surface area (Å²) < 4.78 is 0. The summed E-state index contributed by atoms with van der Waals surface area (Å²) in [5.74, 6) is 0. The van der Waals surface area contributed by atoms with Gasteiger partial charge >= 0.3 is 0 Å². The Morgan fingerprint density at radius 3 is 3.14 bits per heavy atom. The maximum Gasteiger partial charge on any atom is 0.230 e. The Labute approximate surface area is 83.0 Å². The van der Waals surface area contributed by atoms with Gasteiger partial charge in [-0.3, -0.25) is 4.79 Å². The van der Waals surface area contributed by atoms with Crippen molar-refractivity contribution in [3.05, 3.63) is 35.4 Å². The number of hydrogen-bond acceptors (Lipinski definition) is 2. The Kier molecular flexibility index (Phi) is 2.31. The minimum Gasteiger partial charge on any atom is -0.277 e. The fraction of sp³-hybridized carbons (Fsp3) is 0.273. The van der Waals surface area contributed by atoms with E-state index in [0.717, 1.165) is 18.4 Å². The molecular formula is C11H12N2O. The van der Waals surface area contributed by atoms with Crippen molar-refractivity contribution in [1.29, 1.82) is 0 Å². The molecule has 1 aromatic rings. The third kappa shape index (κ3) is 1.53. The summed E-state index contributed by atoms with van der Waals surface area (Å²) in [6, 6.07) is 8.27. The van der Waals surface area contributed by atoms with Gasteiger partial charge in [-0.15, -0.1) is 0 Å². The molecule has 0 spiro atoms. The molecule has 1 amide bonds. The largest absolute Gasteiger partial charge is 0.277 e. The van der Waals surface area contributed by atoms with E-state index in [1.165, 1.54) is 10.6 Å². The van der Waals surface area contributed by atoms with E-state index in [2.05, 4.69) is 11.2 Å². The third-order valence-electron chi connectivity index (χ3n) is 2.40. The van der Waals surface area contributed by atoms with Crippen LogP contribution in [0.25, 0.3) is 0 Å². The van der Waals surface area contributed by atoms with Gasteiger partial charge in [0.1, 0.15) is 0 Å². The molecule has 0 saturated carbocycles. The van der Waals surface area contributed by atoms with Crippen LogP contribution in [-0.4, -0.2) is 17.6 Å². The van der Waals surface area contributed by atoms with Crippen LogP contribution in [0, 0.1) is 6.92 Å². The van der Waals surface area contributed by atoms with Crippen molar-refractivity contribution in [2.75, 3.05) is 0 Å². The van der Waals surface area contributed by atoms with Crippen LogP contribution >= 0.6 is 0 Å². The van der Waals surface area contributed by atoms with Crippen molar-refractivity contribution in [3.63, 3.8) is 0 Å². The molecule has 0 aromatic heterocycles. The Morgan fingerprint density at radius 1 is 1.57 bits per heavy atom. The molecule has 72 valence electrons. The van der Waals surface area contributed by atoms with Crippen LogP contribution in [0.3, 0.4) is 0 Å². The predicted octanol–water partition coefficient (Wildman–Crippen LogP) is 1.88. The molecule has 0 N–H and O–H groups in total. The molecule has 3 nitrogen and oxygen atoms in total. The first-order chi connectivity index (χ1) is 6.81. The second kappa shape index (κ2) is 3.62. The number of aryl methyl sites for hydroxylation is 1. The molecule has 1 heterocycles. The highest BCUT2D eigenvalue weighted by molar-refractivity contribution is 5.65. The van der Waals surface area contributed by atoms with Crippen LogP contribution in [0.4, 0.5) is 0 Å². The summed E-state index contributed by atoms with van der Waals surface area (Å²) >= 11 is 0. The SMILES string of the molecule is Cc1cccc(C2CC=NN2C=O)c1. The Bertz CT molecular complexity index is 373. The van der Waals surface area contributed by atoms with Gasteiger partial charge in [0, 0.05) is 12.6 Å². The lowest BCUT2D eigenvalue weighted by Crippen LogP contribution is -2.17. The zero-order valence-electron chi connectivity index (χ0n) is 8.05. The van der Waals surface area contributed by atoms with E-state index in [4.69, 9.17) is 0 Å². The molecule has 0 aliphatic carbocycles. The van der Waals surface area contributed by atoms with E-state index in [-0.39, 0.29) is 6.04 Å². The second-order valence-corrected chi connectivity index (χ2v) is 3.45. The molecule has 14 heavy (non-hydrogen) atoms. The predicted molar refractivity (Wildman–Crippen MR) is 54.9 cm³/mol. The zero-order chi connectivity index (χ0) is 9.97. The second-order valence-electron chi connectivity index (χ2n) is 3.45. The molecule has 1 atom stereocenters. The number of nitrogens with zero attached hydrogens (tertiary/aromatic N) is 2. The van der Waals surface area contributed by atoms with Crippen LogP contribution < -0.4 is 0 Å². The molecule has 1 aromatic carbocycles. The molecule has 1 unspecified atom stereocenters. The molecule has 0 fully saturated rings. The zero-order valence-corrected chi connectivity index (χ0v) is 8.05. The number of carbonyl (C=O) groups excluding carboxylic acids is 1. The van der Waals surface area contributed by atoms with Crippen LogP contribution in [0.2, 0.25) is 0 Å². The van der Waals surface area contributed by atoms with Gasteiger partial charge in [0.2, 0.25) is 6.41 Å². The number of amides is 1. The van der Waals surface area contributed by atoms with Crippen molar-refractivity contribution in [1.82, 2.24) is 5.01 Å². The van der Waals surface area contributed by atoms with Crippen LogP contribution in [0.15, 0.2) is 29.4 Å². The lowest BCUT2D eigenvalue weighted by Gasteiger charge is -2.17. The molecule has 2 rings (SSSR count). The first kappa shape index (κ1) is 8.94. The van der Waals surface area contributed by atoms with E-state index in [1.807, 2.05) is 25.1 Å². The van der Waals surface area contributed by atoms with E-state index in [1.54, 1.807) is 6.21 Å². The summed E-state index contributed by atoms with van der Waals surface area (Å²) in [6.45, 7) is 2.05. The van der Waals surface area contributed by atoms with Crippen LogP contribution in [0.5, 0.6) is 0 Å². The Hall–Kier alpha value is -1.64. The van der Waals surface area contributed by atoms with Crippen molar-refractivity contribution >= 4 is 12.6 Å². The maximum atomic E-state index is 10.7. The highest BCUT2D eigenvalue weighted by atomic mass is 16.1. The monoisotopic (exact) mass is 188 g/mol. The molecule has 0 bridgehead atoms. The average molecular weight is 188 g/mol. The fourth-order valence-electron chi connectivity index (χ4n) is 1.70. The molecule has 1 aliphatic heterocycles. The summed E-state index contributed by atoms with van der Waals surface area (Å²) in [4.78, 5) is 10.7. The van der Waals surface area contributed by atoms with Gasteiger partial charge in [0.05, 0.1) is 6.04 Å². The standard InChI is InChI=1S/C11H12N2O/c1-9-3-2-4-10(7-9)11-5-6-12-13(11)8-14/h2-4,6-8,11H,5H2,1H3. The van der Waals surface area contributed by atoms with E-state index >= 15 is 0 Å². The lowest BCUT2D eigenvalue weighted by molar-refractivity contribution is -0.119. The highest BCUT2D eigenvalue weighted by Crippen LogP contribution is 2.26. The molecular weight excluding hydrogens is 176 g/mol. The number of benzene rings is 1. The average Bonchev–Trinajstić information content (AvgIpc) is 2.65. The first-order valence-electron chi connectivity index (χ1n) is 4.64. The smallest absolute Gasteiger partial charge is 0.230 e. The van der Waals surface area contributed by atoms with Crippen molar-refractivity contribution < 1.29 is 4.79 Å². The lowest BCUT2D eigenvalue weighted by atomic mass is 10.0. The number of hydrogen-bond donors (Lipinski definition) is 0. The summed E-state index contributed by atoms with van der Waals surface area (Å²) in [5, 5.41) is 5.45. The number of hydrazone groups is 1. The topological polar surface area (TPSA) is 32.7 Å². The summed E-state index contributed by atoms with van der Waals surface area (Å²) in [6.07, 6.45) is 3.36. The van der Waals surface area contributed by atoms with Gasteiger partial charge in [0.25, 0.3) is 0 Å². The quantitative estimate of drug-likeness (QED) is 0.652. The fourth-order valence-corrected chi connectivity index (χ4v) is 1.70. The minimum absolute atomic E-state index is 0.0902. The first-order valence-corrected chi connectivity index (χ1v) is 4.64. The maximum absolute atomic E-state index is 10.7. The molecule has 3 heteroatoms.